The SMILES string of the molecule is CC(C)C1CCCCC1C(C)C.CC(C)CCC(C)C.CC(C)CCCC(C)C. The molecule has 0 aromatic rings. The molecule has 0 bridgehead atoms. The zero-order valence-corrected chi connectivity index (χ0v) is 23.0. The van der Waals surface area contributed by atoms with Crippen LogP contribution in [0.2, 0.25) is 0 Å². The largest absolute Gasteiger partial charge is 0.0628 e. The van der Waals surface area contributed by atoms with Gasteiger partial charge in [-0.3, -0.25) is 0 Å². The number of hydrogen-bond acceptors (Lipinski definition) is 0. The lowest BCUT2D eigenvalue weighted by Crippen LogP contribution is -2.27. The first kappa shape index (κ1) is 31.2. The summed E-state index contributed by atoms with van der Waals surface area (Å²) < 4.78 is 0. The van der Waals surface area contributed by atoms with Crippen molar-refractivity contribution in [2.24, 2.45) is 47.3 Å². The van der Waals surface area contributed by atoms with E-state index in [0.717, 1.165) is 47.3 Å². The zero-order chi connectivity index (χ0) is 23.0. The van der Waals surface area contributed by atoms with Gasteiger partial charge in [-0.25, -0.2) is 0 Å². The molecule has 0 heteroatoms. The molecule has 0 nitrogen and oxygen atoms in total. The fourth-order valence-electron chi connectivity index (χ4n) is 4.44. The molecular weight excluding hydrogens is 348 g/mol. The van der Waals surface area contributed by atoms with E-state index >= 15 is 0 Å². The highest BCUT2D eigenvalue weighted by molar-refractivity contribution is 4.79. The lowest BCUT2D eigenvalue weighted by Gasteiger charge is -2.37. The minimum Gasteiger partial charge on any atom is -0.0628 e. The predicted octanol–water partition coefficient (Wildman–Crippen LogP) is 10.7. The average Bonchev–Trinajstić information content (AvgIpc) is 2.60. The molecule has 0 amide bonds. The molecule has 1 saturated carbocycles. The van der Waals surface area contributed by atoms with Crippen LogP contribution < -0.4 is 0 Å². The van der Waals surface area contributed by atoms with Crippen LogP contribution in [0.15, 0.2) is 0 Å². The quantitative estimate of drug-likeness (QED) is 0.354. The summed E-state index contributed by atoms with van der Waals surface area (Å²) >= 11 is 0. The highest BCUT2D eigenvalue weighted by Crippen LogP contribution is 2.39. The van der Waals surface area contributed by atoms with E-state index in [-0.39, 0.29) is 0 Å². The van der Waals surface area contributed by atoms with Crippen molar-refractivity contribution in [3.63, 3.8) is 0 Å². The minimum absolute atomic E-state index is 0.886. The van der Waals surface area contributed by atoms with E-state index in [1.807, 2.05) is 0 Å². The summed E-state index contributed by atoms with van der Waals surface area (Å²) in [6.07, 6.45) is 12.9. The third-order valence-corrected chi connectivity index (χ3v) is 6.47. The van der Waals surface area contributed by atoms with Gasteiger partial charge in [-0.2, -0.15) is 0 Å². The van der Waals surface area contributed by atoms with E-state index in [1.165, 1.54) is 57.8 Å². The minimum atomic E-state index is 0.886. The molecule has 2 atom stereocenters. The van der Waals surface area contributed by atoms with Crippen molar-refractivity contribution in [3.8, 4) is 0 Å². The third kappa shape index (κ3) is 21.0. The molecule has 0 N–H and O–H groups in total. The fraction of sp³-hybridized carbons (Fsp3) is 1.00. The van der Waals surface area contributed by atoms with E-state index in [2.05, 4.69) is 83.1 Å². The van der Waals surface area contributed by atoms with E-state index < -0.39 is 0 Å². The zero-order valence-electron chi connectivity index (χ0n) is 23.0. The van der Waals surface area contributed by atoms with Gasteiger partial charge in [-0.1, -0.05) is 128 Å². The molecule has 178 valence electrons. The Morgan fingerprint density at radius 3 is 0.931 bits per heavy atom. The molecule has 0 saturated heterocycles. The molecule has 0 aromatic carbocycles. The smallest absolute Gasteiger partial charge is 0.0360 e. The molecule has 1 rings (SSSR count). The molecule has 2 unspecified atom stereocenters. The lowest BCUT2D eigenvalue weighted by molar-refractivity contribution is 0.136. The Hall–Kier alpha value is 0. The molecule has 0 aliphatic heterocycles. The van der Waals surface area contributed by atoms with Gasteiger partial charge < -0.3 is 0 Å². The Morgan fingerprint density at radius 1 is 0.448 bits per heavy atom. The van der Waals surface area contributed by atoms with Crippen LogP contribution in [-0.2, 0) is 0 Å². The summed E-state index contributed by atoms with van der Waals surface area (Å²) in [4.78, 5) is 0. The predicted molar refractivity (Wildman–Crippen MR) is 138 cm³/mol. The summed E-state index contributed by atoms with van der Waals surface area (Å²) in [5, 5.41) is 0. The molecule has 1 aliphatic rings. The van der Waals surface area contributed by atoms with Crippen molar-refractivity contribution >= 4 is 0 Å². The van der Waals surface area contributed by atoms with Crippen LogP contribution in [0.1, 0.15) is 141 Å². The van der Waals surface area contributed by atoms with Crippen molar-refractivity contribution in [2.75, 3.05) is 0 Å². The highest BCUT2D eigenvalue weighted by Gasteiger charge is 2.29. The summed E-state index contributed by atoms with van der Waals surface area (Å²) in [6, 6.07) is 0. The molecule has 29 heavy (non-hydrogen) atoms. The maximum Gasteiger partial charge on any atom is -0.0360 e. The van der Waals surface area contributed by atoms with Crippen molar-refractivity contribution < 1.29 is 0 Å². The van der Waals surface area contributed by atoms with E-state index in [0.29, 0.717) is 0 Å². The Bertz CT molecular complexity index is 289. The average molecular weight is 411 g/mol. The second-order valence-corrected chi connectivity index (χ2v) is 12.2. The lowest BCUT2D eigenvalue weighted by atomic mass is 9.69. The molecule has 0 radical (unpaired) electrons. The van der Waals surface area contributed by atoms with Gasteiger partial charge in [-0.05, 0) is 60.2 Å². The Kier molecular flexibility index (Phi) is 20.2. The van der Waals surface area contributed by atoms with Crippen molar-refractivity contribution in [1.29, 1.82) is 0 Å². The van der Waals surface area contributed by atoms with Crippen LogP contribution in [0.25, 0.3) is 0 Å². The van der Waals surface area contributed by atoms with Gasteiger partial charge in [0.15, 0.2) is 0 Å². The van der Waals surface area contributed by atoms with Crippen molar-refractivity contribution in [1.82, 2.24) is 0 Å². The van der Waals surface area contributed by atoms with Gasteiger partial charge in [0.1, 0.15) is 0 Å². The van der Waals surface area contributed by atoms with Gasteiger partial charge >= 0.3 is 0 Å². The number of rotatable bonds is 9. The summed E-state index contributed by atoms with van der Waals surface area (Å²) in [6.45, 7) is 27.9. The first-order chi connectivity index (χ1) is 13.4. The molecular formula is C29H62. The monoisotopic (exact) mass is 410 g/mol. The van der Waals surface area contributed by atoms with Gasteiger partial charge in [0, 0.05) is 0 Å². The van der Waals surface area contributed by atoms with Crippen LogP contribution in [0.4, 0.5) is 0 Å². The van der Waals surface area contributed by atoms with Gasteiger partial charge in [0.2, 0.25) is 0 Å². The van der Waals surface area contributed by atoms with Gasteiger partial charge in [0.25, 0.3) is 0 Å². The Morgan fingerprint density at radius 2 is 0.724 bits per heavy atom. The first-order valence-corrected chi connectivity index (χ1v) is 13.4. The van der Waals surface area contributed by atoms with Crippen LogP contribution >= 0.6 is 0 Å². The van der Waals surface area contributed by atoms with Crippen molar-refractivity contribution in [2.45, 2.75) is 141 Å². The van der Waals surface area contributed by atoms with Crippen molar-refractivity contribution in [3.05, 3.63) is 0 Å². The maximum atomic E-state index is 2.39. The standard InChI is InChI=1S/C12H24.C9H20.C8H18/c1-9(2)11-7-5-6-8-12(11)10(3)4;1-8(2)6-5-7-9(3)4;1-7(2)5-6-8(3)4/h9-12H,5-8H2,1-4H3;8-9H,5-7H2,1-4H3;7-8H,5-6H2,1-4H3. The van der Waals surface area contributed by atoms with Crippen LogP contribution in [0.3, 0.4) is 0 Å². The third-order valence-electron chi connectivity index (χ3n) is 6.47. The summed E-state index contributed by atoms with van der Waals surface area (Å²) in [5.41, 5.74) is 0. The highest BCUT2D eigenvalue weighted by atomic mass is 14.3. The first-order valence-electron chi connectivity index (χ1n) is 13.4. The Labute approximate surface area is 188 Å². The number of hydrogen-bond donors (Lipinski definition) is 0. The summed E-state index contributed by atoms with van der Waals surface area (Å²) in [7, 11) is 0. The topological polar surface area (TPSA) is 0 Å². The second kappa shape index (κ2) is 18.7. The normalized spacial score (nSPS) is 19.7. The summed E-state index contributed by atoms with van der Waals surface area (Å²) in [5.74, 6) is 7.38. The van der Waals surface area contributed by atoms with Gasteiger partial charge in [-0.15, -0.1) is 0 Å². The van der Waals surface area contributed by atoms with E-state index in [1.54, 1.807) is 0 Å². The van der Waals surface area contributed by atoms with Crippen LogP contribution in [-0.4, -0.2) is 0 Å². The molecule has 0 heterocycles. The molecule has 1 aliphatic carbocycles. The van der Waals surface area contributed by atoms with E-state index in [9.17, 15) is 0 Å². The van der Waals surface area contributed by atoms with Gasteiger partial charge in [0.05, 0.1) is 0 Å². The maximum absolute atomic E-state index is 2.39. The second-order valence-electron chi connectivity index (χ2n) is 12.2. The van der Waals surface area contributed by atoms with E-state index in [4.69, 9.17) is 0 Å². The van der Waals surface area contributed by atoms with Crippen LogP contribution in [0.5, 0.6) is 0 Å². The fourth-order valence-corrected chi connectivity index (χ4v) is 4.44. The molecule has 1 fully saturated rings. The molecule has 0 spiro atoms. The Balaban J connectivity index is 0. The van der Waals surface area contributed by atoms with Crippen LogP contribution in [0, 0.1) is 47.3 Å². The molecule has 0 aromatic heterocycles.